The van der Waals surface area contributed by atoms with Crippen LogP contribution in [0.1, 0.15) is 44.4 Å². The first kappa shape index (κ1) is 13.0. The summed E-state index contributed by atoms with van der Waals surface area (Å²) < 4.78 is 0. The zero-order chi connectivity index (χ0) is 12.3. The molecule has 1 nitrogen and oxygen atoms in total. The standard InChI is InChI=1S/C15H23NS/c1-4-9-16-14-13-8-6-5-7-12(13)10-17-15(14)11(2)3/h5-8,11,14-16H,4,9-10H2,1-3H3. The van der Waals surface area contributed by atoms with Crippen LogP contribution in [0, 0.1) is 5.92 Å². The van der Waals surface area contributed by atoms with Gasteiger partial charge in [-0.25, -0.2) is 0 Å². The minimum absolute atomic E-state index is 0.532. The second-order valence-electron chi connectivity index (χ2n) is 5.15. The molecule has 2 unspecified atom stereocenters. The topological polar surface area (TPSA) is 12.0 Å². The summed E-state index contributed by atoms with van der Waals surface area (Å²) >= 11 is 2.11. The highest BCUT2D eigenvalue weighted by Crippen LogP contribution is 2.40. The summed E-state index contributed by atoms with van der Waals surface area (Å²) in [6, 6.07) is 9.45. The Labute approximate surface area is 109 Å². The van der Waals surface area contributed by atoms with Gasteiger partial charge in [-0.2, -0.15) is 11.8 Å². The lowest BCUT2D eigenvalue weighted by molar-refractivity contribution is 0.438. The molecule has 0 bridgehead atoms. The van der Waals surface area contributed by atoms with Crippen LogP contribution >= 0.6 is 11.8 Å². The molecule has 1 N–H and O–H groups in total. The van der Waals surface area contributed by atoms with Crippen molar-refractivity contribution in [2.75, 3.05) is 6.54 Å². The van der Waals surface area contributed by atoms with Gasteiger partial charge >= 0.3 is 0 Å². The van der Waals surface area contributed by atoms with Crippen LogP contribution in [-0.2, 0) is 5.75 Å². The van der Waals surface area contributed by atoms with E-state index >= 15 is 0 Å². The lowest BCUT2D eigenvalue weighted by Crippen LogP contribution is -2.36. The molecule has 0 spiro atoms. The molecule has 0 saturated heterocycles. The van der Waals surface area contributed by atoms with Crippen molar-refractivity contribution < 1.29 is 0 Å². The molecule has 1 aromatic carbocycles. The SMILES string of the molecule is CCCNC1c2ccccc2CSC1C(C)C. The average Bonchev–Trinajstić information content (AvgIpc) is 2.35. The fourth-order valence-corrected chi connectivity index (χ4v) is 3.99. The van der Waals surface area contributed by atoms with Crippen LogP contribution < -0.4 is 5.32 Å². The first-order valence-corrected chi connectivity index (χ1v) is 7.71. The van der Waals surface area contributed by atoms with Crippen molar-refractivity contribution in [1.82, 2.24) is 5.32 Å². The molecule has 1 heterocycles. The Morgan fingerprint density at radius 1 is 1.35 bits per heavy atom. The maximum Gasteiger partial charge on any atom is 0.0446 e. The molecule has 2 atom stereocenters. The second kappa shape index (κ2) is 5.92. The normalized spacial score (nSPS) is 23.8. The molecule has 0 saturated carbocycles. The fourth-order valence-electron chi connectivity index (χ4n) is 2.53. The molecule has 2 heteroatoms. The van der Waals surface area contributed by atoms with Gasteiger partial charge in [0, 0.05) is 17.0 Å². The summed E-state index contributed by atoms with van der Waals surface area (Å²) in [6.45, 7) is 8.03. The molecular weight excluding hydrogens is 226 g/mol. The molecule has 1 aromatic rings. The van der Waals surface area contributed by atoms with Gasteiger partial charge in [-0.15, -0.1) is 0 Å². The Balaban J connectivity index is 2.25. The Bertz CT molecular complexity index is 362. The predicted molar refractivity (Wildman–Crippen MR) is 77.4 cm³/mol. The van der Waals surface area contributed by atoms with E-state index in [2.05, 4.69) is 62.1 Å². The number of hydrogen-bond acceptors (Lipinski definition) is 2. The van der Waals surface area contributed by atoms with Crippen molar-refractivity contribution in [2.24, 2.45) is 5.92 Å². The van der Waals surface area contributed by atoms with Crippen molar-refractivity contribution in [3.05, 3.63) is 35.4 Å². The summed E-state index contributed by atoms with van der Waals surface area (Å²) in [5.74, 6) is 1.89. The Hall–Kier alpha value is -0.470. The smallest absolute Gasteiger partial charge is 0.0446 e. The van der Waals surface area contributed by atoms with Crippen LogP contribution in [0.15, 0.2) is 24.3 Å². The molecule has 0 aliphatic carbocycles. The van der Waals surface area contributed by atoms with Crippen LogP contribution in [0.3, 0.4) is 0 Å². The summed E-state index contributed by atoms with van der Waals surface area (Å²) in [6.07, 6.45) is 1.20. The van der Waals surface area contributed by atoms with Gasteiger partial charge in [0.25, 0.3) is 0 Å². The third kappa shape index (κ3) is 2.86. The summed E-state index contributed by atoms with van der Waals surface area (Å²) in [7, 11) is 0. The number of benzene rings is 1. The molecule has 94 valence electrons. The highest BCUT2D eigenvalue weighted by atomic mass is 32.2. The van der Waals surface area contributed by atoms with Gasteiger partial charge in [0.1, 0.15) is 0 Å². The zero-order valence-corrected chi connectivity index (χ0v) is 11.9. The molecule has 1 aliphatic rings. The maximum atomic E-state index is 3.74. The number of hydrogen-bond donors (Lipinski definition) is 1. The summed E-state index contributed by atoms with van der Waals surface area (Å²) in [5.41, 5.74) is 3.04. The number of thioether (sulfide) groups is 1. The lowest BCUT2D eigenvalue weighted by Gasteiger charge is -2.36. The van der Waals surface area contributed by atoms with Crippen LogP contribution in [0.2, 0.25) is 0 Å². The third-order valence-corrected chi connectivity index (χ3v) is 5.10. The lowest BCUT2D eigenvalue weighted by atomic mass is 9.92. The van der Waals surface area contributed by atoms with Gasteiger partial charge in [0.2, 0.25) is 0 Å². The van der Waals surface area contributed by atoms with Crippen molar-refractivity contribution >= 4 is 11.8 Å². The summed E-state index contributed by atoms with van der Waals surface area (Å²) in [5, 5.41) is 4.44. The van der Waals surface area contributed by atoms with E-state index in [4.69, 9.17) is 0 Å². The monoisotopic (exact) mass is 249 g/mol. The van der Waals surface area contributed by atoms with Crippen LogP contribution in [0.5, 0.6) is 0 Å². The van der Waals surface area contributed by atoms with Crippen molar-refractivity contribution in [3.8, 4) is 0 Å². The van der Waals surface area contributed by atoms with Crippen LogP contribution in [0.4, 0.5) is 0 Å². The van der Waals surface area contributed by atoms with E-state index in [1.54, 1.807) is 0 Å². The van der Waals surface area contributed by atoms with Gasteiger partial charge in [-0.3, -0.25) is 0 Å². The molecule has 1 aliphatic heterocycles. The highest BCUT2D eigenvalue weighted by molar-refractivity contribution is 7.99. The number of rotatable bonds is 4. The third-order valence-electron chi connectivity index (χ3n) is 3.42. The Morgan fingerprint density at radius 2 is 2.12 bits per heavy atom. The zero-order valence-electron chi connectivity index (χ0n) is 11.1. The molecule has 0 aromatic heterocycles. The van der Waals surface area contributed by atoms with Crippen LogP contribution in [-0.4, -0.2) is 11.8 Å². The van der Waals surface area contributed by atoms with E-state index in [0.29, 0.717) is 11.3 Å². The summed E-state index contributed by atoms with van der Waals surface area (Å²) in [4.78, 5) is 0. The first-order chi connectivity index (χ1) is 8.24. The molecular formula is C15H23NS. The second-order valence-corrected chi connectivity index (χ2v) is 6.32. The Morgan fingerprint density at radius 3 is 2.82 bits per heavy atom. The van der Waals surface area contributed by atoms with E-state index in [1.165, 1.54) is 23.3 Å². The molecule has 2 rings (SSSR count). The number of fused-ring (bicyclic) bond motifs is 1. The van der Waals surface area contributed by atoms with Crippen molar-refractivity contribution in [2.45, 2.75) is 44.2 Å². The predicted octanol–water partition coefficient (Wildman–Crippen LogP) is 4.00. The van der Waals surface area contributed by atoms with Gasteiger partial charge in [-0.05, 0) is 30.0 Å². The van der Waals surface area contributed by atoms with Gasteiger partial charge in [0.15, 0.2) is 0 Å². The van der Waals surface area contributed by atoms with Crippen molar-refractivity contribution in [3.63, 3.8) is 0 Å². The largest absolute Gasteiger partial charge is 0.309 e. The van der Waals surface area contributed by atoms with E-state index in [1.807, 2.05) is 0 Å². The minimum atomic E-state index is 0.532. The average molecular weight is 249 g/mol. The van der Waals surface area contributed by atoms with E-state index in [0.717, 1.165) is 12.5 Å². The maximum absolute atomic E-state index is 3.74. The van der Waals surface area contributed by atoms with Gasteiger partial charge in [-0.1, -0.05) is 45.0 Å². The minimum Gasteiger partial charge on any atom is -0.309 e. The highest BCUT2D eigenvalue weighted by Gasteiger charge is 2.31. The molecule has 0 amide bonds. The van der Waals surface area contributed by atoms with Crippen LogP contribution in [0.25, 0.3) is 0 Å². The van der Waals surface area contributed by atoms with Crippen molar-refractivity contribution in [1.29, 1.82) is 0 Å². The van der Waals surface area contributed by atoms with Gasteiger partial charge < -0.3 is 5.32 Å². The Kier molecular flexibility index (Phi) is 4.52. The quantitative estimate of drug-likeness (QED) is 0.865. The molecule has 0 radical (unpaired) electrons. The molecule has 0 fully saturated rings. The number of nitrogens with one attached hydrogen (secondary N) is 1. The fraction of sp³-hybridized carbons (Fsp3) is 0.600. The first-order valence-electron chi connectivity index (χ1n) is 6.66. The van der Waals surface area contributed by atoms with E-state index < -0.39 is 0 Å². The molecule has 17 heavy (non-hydrogen) atoms. The van der Waals surface area contributed by atoms with E-state index in [-0.39, 0.29) is 0 Å². The van der Waals surface area contributed by atoms with E-state index in [9.17, 15) is 0 Å². The van der Waals surface area contributed by atoms with Gasteiger partial charge in [0.05, 0.1) is 0 Å².